The number of hydrogen-bond donors (Lipinski definition) is 3. The van der Waals surface area contributed by atoms with E-state index in [-0.39, 0.29) is 5.78 Å². The second kappa shape index (κ2) is 6.41. The average molecular weight is 298 g/mol. The lowest BCUT2D eigenvalue weighted by atomic mass is 10.0. The molecule has 0 aliphatic heterocycles. The van der Waals surface area contributed by atoms with Crippen LogP contribution in [0.15, 0.2) is 30.3 Å². The first-order valence-electron chi connectivity index (χ1n) is 6.87. The summed E-state index contributed by atoms with van der Waals surface area (Å²) in [6.07, 6.45) is 3.12. The second-order valence-corrected chi connectivity index (χ2v) is 5.12. The van der Waals surface area contributed by atoms with Crippen LogP contribution in [0, 0.1) is 20.8 Å². The zero-order chi connectivity index (χ0) is 16.3. The van der Waals surface area contributed by atoms with Gasteiger partial charge in [-0.1, -0.05) is 24.3 Å². The van der Waals surface area contributed by atoms with Gasteiger partial charge in [-0.2, -0.15) is 0 Å². The minimum atomic E-state index is -0.573. The van der Waals surface area contributed by atoms with E-state index >= 15 is 0 Å². The molecule has 1 amide bonds. The summed E-state index contributed by atoms with van der Waals surface area (Å²) in [5.74, 6) is -0.672. The Hall–Kier alpha value is -2.66. The molecule has 0 unspecified atom stereocenters. The van der Waals surface area contributed by atoms with E-state index in [9.17, 15) is 9.59 Å². The molecule has 0 aliphatic carbocycles. The van der Waals surface area contributed by atoms with Gasteiger partial charge in [0.05, 0.1) is 5.56 Å². The van der Waals surface area contributed by atoms with Crippen LogP contribution in [0.2, 0.25) is 0 Å². The Kier molecular flexibility index (Phi) is 4.58. The van der Waals surface area contributed by atoms with Crippen LogP contribution in [-0.2, 0) is 0 Å². The number of nitrogens with one attached hydrogen (secondary N) is 2. The molecule has 0 fully saturated rings. The predicted octanol–water partition coefficient (Wildman–Crippen LogP) is 2.96. The number of carbonyl (C=O) groups is 2. The SMILES string of the molecule is Cc1ccccc1C(=O)/C=C/c1[nH]c(C)c(C(=O)NO)c1C. The van der Waals surface area contributed by atoms with Crippen molar-refractivity contribution >= 4 is 17.8 Å². The van der Waals surface area contributed by atoms with E-state index in [4.69, 9.17) is 5.21 Å². The maximum atomic E-state index is 12.2. The van der Waals surface area contributed by atoms with E-state index in [0.29, 0.717) is 28.1 Å². The molecule has 5 nitrogen and oxygen atoms in total. The van der Waals surface area contributed by atoms with Crippen LogP contribution in [0.5, 0.6) is 0 Å². The molecular formula is C17H18N2O3. The molecule has 0 bridgehead atoms. The number of benzene rings is 1. The summed E-state index contributed by atoms with van der Waals surface area (Å²) in [7, 11) is 0. The van der Waals surface area contributed by atoms with Gasteiger partial charge >= 0.3 is 0 Å². The number of amides is 1. The summed E-state index contributed by atoms with van der Waals surface area (Å²) in [5.41, 5.74) is 5.54. The van der Waals surface area contributed by atoms with Crippen LogP contribution < -0.4 is 5.48 Å². The summed E-state index contributed by atoms with van der Waals surface area (Å²) in [4.78, 5) is 26.9. The van der Waals surface area contributed by atoms with Crippen LogP contribution >= 0.6 is 0 Å². The highest BCUT2D eigenvalue weighted by Gasteiger charge is 2.16. The third-order valence-electron chi connectivity index (χ3n) is 3.62. The van der Waals surface area contributed by atoms with Gasteiger partial charge in [-0.25, -0.2) is 5.48 Å². The van der Waals surface area contributed by atoms with Crippen molar-refractivity contribution in [3.8, 4) is 0 Å². The summed E-state index contributed by atoms with van der Waals surface area (Å²) >= 11 is 0. The Morgan fingerprint density at radius 2 is 1.86 bits per heavy atom. The van der Waals surface area contributed by atoms with Gasteiger partial charge in [-0.05, 0) is 44.1 Å². The molecule has 3 N–H and O–H groups in total. The quantitative estimate of drug-likeness (QED) is 0.351. The summed E-state index contributed by atoms with van der Waals surface area (Å²) < 4.78 is 0. The maximum Gasteiger partial charge on any atom is 0.276 e. The van der Waals surface area contributed by atoms with Gasteiger partial charge in [-0.15, -0.1) is 0 Å². The van der Waals surface area contributed by atoms with E-state index in [2.05, 4.69) is 4.98 Å². The topological polar surface area (TPSA) is 82.2 Å². The first-order valence-corrected chi connectivity index (χ1v) is 6.87. The average Bonchev–Trinajstić information content (AvgIpc) is 2.79. The third-order valence-corrected chi connectivity index (χ3v) is 3.62. The summed E-state index contributed by atoms with van der Waals surface area (Å²) in [5, 5.41) is 8.76. The molecular weight excluding hydrogens is 280 g/mol. The monoisotopic (exact) mass is 298 g/mol. The summed E-state index contributed by atoms with van der Waals surface area (Å²) in [6.45, 7) is 5.37. The number of rotatable bonds is 4. The highest BCUT2D eigenvalue weighted by atomic mass is 16.5. The number of hydroxylamine groups is 1. The Balaban J connectivity index is 2.30. The van der Waals surface area contributed by atoms with Crippen molar-refractivity contribution in [3.05, 3.63) is 64.0 Å². The molecule has 1 heterocycles. The molecule has 2 aromatic rings. The number of aromatic amines is 1. The fraction of sp³-hybridized carbons (Fsp3) is 0.176. The highest BCUT2D eigenvalue weighted by molar-refractivity contribution is 6.08. The van der Waals surface area contributed by atoms with Crippen molar-refractivity contribution in [1.82, 2.24) is 10.5 Å². The van der Waals surface area contributed by atoms with E-state index in [1.165, 1.54) is 6.08 Å². The van der Waals surface area contributed by atoms with Crippen molar-refractivity contribution < 1.29 is 14.8 Å². The standard InChI is InChI=1S/C17H18N2O3/c1-10-6-4-5-7-13(10)15(20)9-8-14-11(2)16(12(3)18-14)17(21)19-22/h4-9,18,22H,1-3H3,(H,19,21)/b9-8+. The number of aryl methyl sites for hydroxylation is 2. The van der Waals surface area contributed by atoms with Gasteiger partial charge < -0.3 is 4.98 Å². The van der Waals surface area contributed by atoms with Gasteiger partial charge in [0.1, 0.15) is 0 Å². The zero-order valence-electron chi connectivity index (χ0n) is 12.7. The Morgan fingerprint density at radius 1 is 1.18 bits per heavy atom. The van der Waals surface area contributed by atoms with Gasteiger partial charge in [-0.3, -0.25) is 14.8 Å². The Labute approximate surface area is 128 Å². The fourth-order valence-corrected chi connectivity index (χ4v) is 2.44. The van der Waals surface area contributed by atoms with Crippen LogP contribution in [0.25, 0.3) is 6.08 Å². The maximum absolute atomic E-state index is 12.2. The highest BCUT2D eigenvalue weighted by Crippen LogP contribution is 2.19. The van der Waals surface area contributed by atoms with Gasteiger partial charge in [0.15, 0.2) is 5.78 Å². The van der Waals surface area contributed by atoms with Crippen molar-refractivity contribution in [3.63, 3.8) is 0 Å². The fourth-order valence-electron chi connectivity index (χ4n) is 2.44. The number of aromatic nitrogens is 1. The third kappa shape index (κ3) is 2.99. The Bertz CT molecular complexity index is 757. The van der Waals surface area contributed by atoms with Gasteiger partial charge in [0, 0.05) is 17.0 Å². The molecule has 114 valence electrons. The lowest BCUT2D eigenvalue weighted by Crippen LogP contribution is -2.19. The molecule has 2 rings (SSSR count). The second-order valence-electron chi connectivity index (χ2n) is 5.12. The van der Waals surface area contributed by atoms with E-state index in [1.807, 2.05) is 25.1 Å². The molecule has 0 saturated heterocycles. The van der Waals surface area contributed by atoms with Crippen LogP contribution in [0.1, 0.15) is 43.2 Å². The molecule has 0 atom stereocenters. The first kappa shape index (κ1) is 15.7. The van der Waals surface area contributed by atoms with Crippen LogP contribution in [-0.4, -0.2) is 21.9 Å². The molecule has 0 saturated carbocycles. The predicted molar refractivity (Wildman–Crippen MR) is 84.1 cm³/mol. The number of H-pyrrole nitrogens is 1. The molecule has 0 spiro atoms. The lowest BCUT2D eigenvalue weighted by molar-refractivity contribution is 0.0705. The van der Waals surface area contributed by atoms with Crippen LogP contribution in [0.4, 0.5) is 0 Å². The number of allylic oxidation sites excluding steroid dienone is 1. The number of carbonyl (C=O) groups excluding carboxylic acids is 2. The molecule has 0 aliphatic rings. The smallest absolute Gasteiger partial charge is 0.276 e. The molecule has 1 aromatic carbocycles. The number of hydrogen-bond acceptors (Lipinski definition) is 3. The minimum Gasteiger partial charge on any atom is -0.358 e. The largest absolute Gasteiger partial charge is 0.358 e. The van der Waals surface area contributed by atoms with E-state index in [0.717, 1.165) is 5.56 Å². The summed E-state index contributed by atoms with van der Waals surface area (Å²) in [6, 6.07) is 7.37. The molecule has 1 aromatic heterocycles. The number of ketones is 1. The van der Waals surface area contributed by atoms with Crippen molar-refractivity contribution in [1.29, 1.82) is 0 Å². The van der Waals surface area contributed by atoms with E-state index in [1.54, 1.807) is 31.5 Å². The Morgan fingerprint density at radius 3 is 2.50 bits per heavy atom. The normalized spacial score (nSPS) is 10.9. The first-order chi connectivity index (χ1) is 10.5. The van der Waals surface area contributed by atoms with Crippen molar-refractivity contribution in [2.45, 2.75) is 20.8 Å². The van der Waals surface area contributed by atoms with Crippen molar-refractivity contribution in [2.24, 2.45) is 0 Å². The van der Waals surface area contributed by atoms with Crippen molar-refractivity contribution in [2.75, 3.05) is 0 Å². The molecule has 22 heavy (non-hydrogen) atoms. The minimum absolute atomic E-state index is 0.0992. The molecule has 0 radical (unpaired) electrons. The lowest BCUT2D eigenvalue weighted by Gasteiger charge is -2.00. The van der Waals surface area contributed by atoms with Gasteiger partial charge in [0.2, 0.25) is 0 Å². The van der Waals surface area contributed by atoms with E-state index < -0.39 is 5.91 Å². The van der Waals surface area contributed by atoms with Gasteiger partial charge in [0.25, 0.3) is 5.91 Å². The van der Waals surface area contributed by atoms with Crippen LogP contribution in [0.3, 0.4) is 0 Å². The molecule has 5 heteroatoms. The zero-order valence-corrected chi connectivity index (χ0v) is 12.7.